The molecule has 1 saturated carbocycles. The molecule has 0 amide bonds. The van der Waals surface area contributed by atoms with Crippen LogP contribution in [0.4, 0.5) is 0 Å². The Hall–Kier alpha value is -0.520. The third-order valence-corrected chi connectivity index (χ3v) is 2.84. The van der Waals surface area contributed by atoms with E-state index < -0.39 is 0 Å². The zero-order chi connectivity index (χ0) is 7.78. The van der Waals surface area contributed by atoms with E-state index in [-0.39, 0.29) is 0 Å². The van der Waals surface area contributed by atoms with E-state index >= 15 is 0 Å². The quantitative estimate of drug-likeness (QED) is 0.511. The van der Waals surface area contributed by atoms with Crippen molar-refractivity contribution >= 4 is 0 Å². The molecule has 1 aliphatic carbocycles. The molecule has 0 atom stereocenters. The molecule has 0 heterocycles. The van der Waals surface area contributed by atoms with Crippen molar-refractivity contribution in [3.8, 4) is 0 Å². The monoisotopic (exact) mass is 136 g/mol. The molecule has 0 aromatic carbocycles. The van der Waals surface area contributed by atoms with Crippen molar-refractivity contribution in [1.82, 2.24) is 0 Å². The number of allylic oxidation sites excluding steroid dienone is 2. The van der Waals surface area contributed by atoms with Crippen LogP contribution in [-0.2, 0) is 0 Å². The molecule has 0 aromatic heterocycles. The lowest BCUT2D eigenvalue weighted by molar-refractivity contribution is 0.240. The fourth-order valence-corrected chi connectivity index (χ4v) is 1.75. The van der Waals surface area contributed by atoms with E-state index in [1.165, 1.54) is 30.4 Å². The second kappa shape index (κ2) is 2.26. The van der Waals surface area contributed by atoms with Crippen LogP contribution in [0.1, 0.15) is 33.1 Å². The SMILES string of the molecule is C=C(C)C1(C(=C)C)CCC1. The first-order valence-electron chi connectivity index (χ1n) is 3.91. The Morgan fingerprint density at radius 3 is 1.50 bits per heavy atom. The maximum Gasteiger partial charge on any atom is 0.0110 e. The molecule has 0 unspecified atom stereocenters. The fourth-order valence-electron chi connectivity index (χ4n) is 1.75. The molecule has 0 heteroatoms. The lowest BCUT2D eigenvalue weighted by Gasteiger charge is -2.43. The van der Waals surface area contributed by atoms with Gasteiger partial charge in [0.25, 0.3) is 0 Å². The summed E-state index contributed by atoms with van der Waals surface area (Å²) >= 11 is 0. The minimum absolute atomic E-state index is 0.333. The van der Waals surface area contributed by atoms with Gasteiger partial charge in [0.05, 0.1) is 0 Å². The molecule has 0 saturated heterocycles. The second-order valence-corrected chi connectivity index (χ2v) is 3.50. The molecule has 0 spiro atoms. The van der Waals surface area contributed by atoms with Crippen LogP contribution in [0.5, 0.6) is 0 Å². The summed E-state index contributed by atoms with van der Waals surface area (Å²) in [7, 11) is 0. The zero-order valence-corrected chi connectivity index (χ0v) is 7.04. The molecule has 0 bridgehead atoms. The molecule has 1 fully saturated rings. The van der Waals surface area contributed by atoms with Gasteiger partial charge in [0.15, 0.2) is 0 Å². The van der Waals surface area contributed by atoms with Gasteiger partial charge in [0.2, 0.25) is 0 Å². The Bertz CT molecular complexity index is 154. The molecule has 0 aromatic rings. The van der Waals surface area contributed by atoms with Gasteiger partial charge in [-0.25, -0.2) is 0 Å². The Labute approximate surface area is 63.6 Å². The fraction of sp³-hybridized carbons (Fsp3) is 0.600. The lowest BCUT2D eigenvalue weighted by atomic mass is 9.61. The van der Waals surface area contributed by atoms with Crippen molar-refractivity contribution in [3.63, 3.8) is 0 Å². The molecule has 0 nitrogen and oxygen atoms in total. The van der Waals surface area contributed by atoms with Gasteiger partial charge < -0.3 is 0 Å². The summed E-state index contributed by atoms with van der Waals surface area (Å²) in [6.07, 6.45) is 3.90. The van der Waals surface area contributed by atoms with Gasteiger partial charge in [-0.05, 0) is 26.7 Å². The van der Waals surface area contributed by atoms with Crippen LogP contribution >= 0.6 is 0 Å². The second-order valence-electron chi connectivity index (χ2n) is 3.50. The Morgan fingerprint density at radius 2 is 1.50 bits per heavy atom. The molecule has 56 valence electrons. The summed E-state index contributed by atoms with van der Waals surface area (Å²) in [5.41, 5.74) is 2.93. The maximum absolute atomic E-state index is 4.01. The first-order chi connectivity index (χ1) is 4.59. The highest BCUT2D eigenvalue weighted by molar-refractivity contribution is 5.26. The molecule has 0 N–H and O–H groups in total. The van der Waals surface area contributed by atoms with Crippen LogP contribution in [-0.4, -0.2) is 0 Å². The lowest BCUT2D eigenvalue weighted by Crippen LogP contribution is -2.30. The van der Waals surface area contributed by atoms with E-state index in [9.17, 15) is 0 Å². The minimum Gasteiger partial charge on any atom is -0.0993 e. The van der Waals surface area contributed by atoms with E-state index in [4.69, 9.17) is 0 Å². The predicted octanol–water partition coefficient (Wildman–Crippen LogP) is 3.31. The average molecular weight is 136 g/mol. The number of hydrogen-bond donors (Lipinski definition) is 0. The van der Waals surface area contributed by atoms with Crippen molar-refractivity contribution in [2.24, 2.45) is 5.41 Å². The van der Waals surface area contributed by atoms with Crippen LogP contribution < -0.4 is 0 Å². The molecular formula is C10H16. The van der Waals surface area contributed by atoms with Crippen LogP contribution in [0.2, 0.25) is 0 Å². The van der Waals surface area contributed by atoms with Gasteiger partial charge in [0, 0.05) is 5.41 Å². The number of rotatable bonds is 2. The summed E-state index contributed by atoms with van der Waals surface area (Å²) in [6, 6.07) is 0. The summed E-state index contributed by atoms with van der Waals surface area (Å²) < 4.78 is 0. The van der Waals surface area contributed by atoms with Crippen molar-refractivity contribution < 1.29 is 0 Å². The molecule has 0 radical (unpaired) electrons. The van der Waals surface area contributed by atoms with Crippen molar-refractivity contribution in [1.29, 1.82) is 0 Å². The van der Waals surface area contributed by atoms with Gasteiger partial charge in [-0.15, -0.1) is 0 Å². The molecule has 1 aliphatic rings. The van der Waals surface area contributed by atoms with E-state index in [1.807, 2.05) is 0 Å². The van der Waals surface area contributed by atoms with E-state index in [2.05, 4.69) is 27.0 Å². The normalized spacial score (nSPS) is 21.4. The third kappa shape index (κ3) is 0.828. The standard InChI is InChI=1S/C10H16/c1-8(2)10(9(3)4)6-5-7-10/h1,3,5-7H2,2,4H3. The van der Waals surface area contributed by atoms with Gasteiger partial charge in [0.1, 0.15) is 0 Å². The molecule has 1 rings (SSSR count). The van der Waals surface area contributed by atoms with E-state index in [0.717, 1.165) is 0 Å². The smallest absolute Gasteiger partial charge is 0.0110 e. The molecular weight excluding hydrogens is 120 g/mol. The highest BCUT2D eigenvalue weighted by Crippen LogP contribution is 2.50. The van der Waals surface area contributed by atoms with Gasteiger partial charge in [-0.1, -0.05) is 30.7 Å². The van der Waals surface area contributed by atoms with Gasteiger partial charge >= 0.3 is 0 Å². The van der Waals surface area contributed by atoms with Crippen LogP contribution in [0.3, 0.4) is 0 Å². The zero-order valence-electron chi connectivity index (χ0n) is 7.04. The minimum atomic E-state index is 0.333. The van der Waals surface area contributed by atoms with Crippen LogP contribution in [0.15, 0.2) is 24.3 Å². The summed E-state index contributed by atoms with van der Waals surface area (Å²) in [4.78, 5) is 0. The first-order valence-corrected chi connectivity index (χ1v) is 3.91. The third-order valence-electron chi connectivity index (χ3n) is 2.84. The Morgan fingerprint density at radius 1 is 1.10 bits per heavy atom. The van der Waals surface area contributed by atoms with Crippen molar-refractivity contribution in [3.05, 3.63) is 24.3 Å². The van der Waals surface area contributed by atoms with Gasteiger partial charge in [-0.3, -0.25) is 0 Å². The summed E-state index contributed by atoms with van der Waals surface area (Å²) in [6.45, 7) is 12.3. The van der Waals surface area contributed by atoms with Crippen LogP contribution in [0.25, 0.3) is 0 Å². The average Bonchev–Trinajstić information content (AvgIpc) is 1.57. The summed E-state index contributed by atoms with van der Waals surface area (Å²) in [5, 5.41) is 0. The Balaban J connectivity index is 2.78. The highest BCUT2D eigenvalue weighted by Gasteiger charge is 2.37. The van der Waals surface area contributed by atoms with E-state index in [0.29, 0.717) is 5.41 Å². The highest BCUT2D eigenvalue weighted by atomic mass is 14.4. The topological polar surface area (TPSA) is 0 Å². The Kier molecular flexibility index (Phi) is 1.72. The maximum atomic E-state index is 4.01. The van der Waals surface area contributed by atoms with Crippen molar-refractivity contribution in [2.75, 3.05) is 0 Å². The molecule has 10 heavy (non-hydrogen) atoms. The predicted molar refractivity (Wildman–Crippen MR) is 45.9 cm³/mol. The number of hydrogen-bond acceptors (Lipinski definition) is 0. The largest absolute Gasteiger partial charge is 0.0993 e. The summed E-state index contributed by atoms with van der Waals surface area (Å²) in [5.74, 6) is 0. The van der Waals surface area contributed by atoms with Crippen molar-refractivity contribution in [2.45, 2.75) is 33.1 Å². The molecule has 0 aliphatic heterocycles. The van der Waals surface area contributed by atoms with Crippen LogP contribution in [0, 0.1) is 5.41 Å². The van der Waals surface area contributed by atoms with E-state index in [1.54, 1.807) is 0 Å². The van der Waals surface area contributed by atoms with Gasteiger partial charge in [-0.2, -0.15) is 0 Å². The first kappa shape index (κ1) is 7.59.